The molecule has 2 fully saturated rings. The number of piperidine rings is 1. The molecule has 0 aliphatic carbocycles. The average Bonchev–Trinajstić information content (AvgIpc) is 3.54. The standard InChI is InChI=1S/C33H33F4N7O3/c1-21-19-27(42-15-17-43(18-16-42)31(46)40-25-10-6-5-9-24(25)34)38-20-26(21)39-30(45)28-29(33(35,36)37)41-32(47-28)44-13-11-23(12-14-44)22-7-3-2-4-8-22/h2-10,19-20,23H,11-18H2,1H3,(H,39,45)(H,40,46). The van der Waals surface area contributed by atoms with Crippen molar-refractivity contribution in [2.24, 2.45) is 0 Å². The number of nitrogens with zero attached hydrogens (tertiary/aromatic N) is 5. The number of alkyl halides is 3. The summed E-state index contributed by atoms with van der Waals surface area (Å²) in [7, 11) is 0. The lowest BCUT2D eigenvalue weighted by atomic mass is 9.90. The number of hydrogen-bond acceptors (Lipinski definition) is 7. The Bertz CT molecular complexity index is 1730. The number of oxazole rings is 1. The molecule has 47 heavy (non-hydrogen) atoms. The predicted octanol–water partition coefficient (Wildman–Crippen LogP) is 6.53. The van der Waals surface area contributed by atoms with Crippen molar-refractivity contribution in [2.75, 3.05) is 59.7 Å². The van der Waals surface area contributed by atoms with Crippen molar-refractivity contribution in [3.8, 4) is 0 Å². The van der Waals surface area contributed by atoms with Gasteiger partial charge < -0.3 is 29.8 Å². The highest BCUT2D eigenvalue weighted by Crippen LogP contribution is 2.37. The van der Waals surface area contributed by atoms with Crippen molar-refractivity contribution < 1.29 is 31.6 Å². The van der Waals surface area contributed by atoms with Gasteiger partial charge in [0.2, 0.25) is 5.76 Å². The molecule has 2 N–H and O–H groups in total. The average molecular weight is 652 g/mol. The van der Waals surface area contributed by atoms with E-state index in [2.05, 4.69) is 20.6 Å². The van der Waals surface area contributed by atoms with E-state index in [4.69, 9.17) is 4.42 Å². The number of aromatic nitrogens is 2. The van der Waals surface area contributed by atoms with Gasteiger partial charge in [0.1, 0.15) is 11.6 Å². The van der Waals surface area contributed by atoms with Crippen LogP contribution in [0.3, 0.4) is 0 Å². The van der Waals surface area contributed by atoms with Gasteiger partial charge in [0, 0.05) is 39.3 Å². The molecule has 4 aromatic rings. The Morgan fingerprint density at radius 2 is 1.55 bits per heavy atom. The Morgan fingerprint density at radius 3 is 2.21 bits per heavy atom. The van der Waals surface area contributed by atoms with Crippen LogP contribution in [0, 0.1) is 12.7 Å². The summed E-state index contributed by atoms with van der Waals surface area (Å²) >= 11 is 0. The van der Waals surface area contributed by atoms with Gasteiger partial charge in [-0.2, -0.15) is 18.2 Å². The van der Waals surface area contributed by atoms with Crippen molar-refractivity contribution in [1.29, 1.82) is 0 Å². The summed E-state index contributed by atoms with van der Waals surface area (Å²) in [5.74, 6) is -1.66. The highest BCUT2D eigenvalue weighted by atomic mass is 19.4. The monoisotopic (exact) mass is 651 g/mol. The second-order valence-corrected chi connectivity index (χ2v) is 11.5. The minimum atomic E-state index is -4.90. The van der Waals surface area contributed by atoms with Crippen LogP contribution >= 0.6 is 0 Å². The van der Waals surface area contributed by atoms with Gasteiger partial charge in [-0.25, -0.2) is 14.2 Å². The molecule has 0 atom stereocenters. The number of halogens is 4. The van der Waals surface area contributed by atoms with E-state index < -0.39 is 35.4 Å². The first-order chi connectivity index (χ1) is 22.6. The van der Waals surface area contributed by atoms with Gasteiger partial charge in [-0.3, -0.25) is 4.79 Å². The third kappa shape index (κ3) is 7.16. The van der Waals surface area contributed by atoms with Gasteiger partial charge in [-0.05, 0) is 55.0 Å². The second-order valence-electron chi connectivity index (χ2n) is 11.5. The normalized spacial score (nSPS) is 15.9. The Labute approximate surface area is 268 Å². The molecule has 2 aromatic carbocycles. The van der Waals surface area contributed by atoms with E-state index in [9.17, 15) is 27.2 Å². The van der Waals surface area contributed by atoms with E-state index in [1.54, 1.807) is 28.9 Å². The fraction of sp³-hybridized carbons (Fsp3) is 0.333. The van der Waals surface area contributed by atoms with Gasteiger partial charge in [-0.1, -0.05) is 42.5 Å². The molecule has 14 heteroatoms. The maximum Gasteiger partial charge on any atom is 0.437 e. The maximum absolute atomic E-state index is 14.0. The molecular weight excluding hydrogens is 618 g/mol. The molecule has 2 saturated heterocycles. The topological polar surface area (TPSA) is 107 Å². The summed E-state index contributed by atoms with van der Waals surface area (Å²) in [5.41, 5.74) is 0.684. The minimum Gasteiger partial charge on any atom is -0.417 e. The van der Waals surface area contributed by atoms with Crippen LogP contribution in [0.5, 0.6) is 0 Å². The van der Waals surface area contributed by atoms with Crippen LogP contribution in [-0.2, 0) is 6.18 Å². The number of urea groups is 1. The SMILES string of the molecule is Cc1cc(N2CCN(C(=O)Nc3ccccc3F)CC2)ncc1NC(=O)c1oc(N2CCC(c3ccccc3)CC2)nc1C(F)(F)F. The zero-order valence-corrected chi connectivity index (χ0v) is 25.6. The van der Waals surface area contributed by atoms with Crippen LogP contribution in [0.15, 0.2) is 71.3 Å². The van der Waals surface area contributed by atoms with Crippen LogP contribution < -0.4 is 20.4 Å². The van der Waals surface area contributed by atoms with Crippen LogP contribution in [-0.4, -0.2) is 66.1 Å². The quantitative estimate of drug-likeness (QED) is 0.229. The summed E-state index contributed by atoms with van der Waals surface area (Å²) < 4.78 is 61.3. The number of para-hydroxylation sites is 1. The lowest BCUT2D eigenvalue weighted by Gasteiger charge is -2.35. The third-order valence-electron chi connectivity index (χ3n) is 8.48. The molecule has 10 nitrogen and oxygen atoms in total. The first kappa shape index (κ1) is 31.8. The van der Waals surface area contributed by atoms with E-state index >= 15 is 0 Å². The number of hydrogen-bond donors (Lipinski definition) is 2. The number of piperazine rings is 1. The number of amides is 3. The molecule has 6 rings (SSSR count). The number of nitrogens with one attached hydrogen (secondary N) is 2. The zero-order valence-electron chi connectivity index (χ0n) is 25.6. The smallest absolute Gasteiger partial charge is 0.417 e. The van der Waals surface area contributed by atoms with E-state index in [0.717, 1.165) is 0 Å². The fourth-order valence-corrected chi connectivity index (χ4v) is 5.84. The van der Waals surface area contributed by atoms with Crippen LogP contribution in [0.1, 0.15) is 46.1 Å². The van der Waals surface area contributed by atoms with Gasteiger partial charge in [0.05, 0.1) is 17.6 Å². The van der Waals surface area contributed by atoms with Crippen molar-refractivity contribution in [2.45, 2.75) is 31.9 Å². The molecule has 0 saturated carbocycles. The van der Waals surface area contributed by atoms with Gasteiger partial charge in [0.25, 0.3) is 11.9 Å². The van der Waals surface area contributed by atoms with Gasteiger partial charge >= 0.3 is 12.2 Å². The Kier molecular flexibility index (Phi) is 9.01. The highest BCUT2D eigenvalue weighted by Gasteiger charge is 2.42. The molecule has 0 unspecified atom stereocenters. The summed E-state index contributed by atoms with van der Waals surface area (Å²) in [4.78, 5) is 39.0. The van der Waals surface area contributed by atoms with Crippen LogP contribution in [0.2, 0.25) is 0 Å². The Balaban J connectivity index is 1.08. The van der Waals surface area contributed by atoms with Crippen LogP contribution in [0.4, 0.5) is 45.6 Å². The fourth-order valence-electron chi connectivity index (χ4n) is 5.84. The Hall–Kier alpha value is -5.14. The van der Waals surface area contributed by atoms with E-state index in [1.165, 1.54) is 30.0 Å². The van der Waals surface area contributed by atoms with Crippen molar-refractivity contribution in [3.63, 3.8) is 0 Å². The molecule has 0 spiro atoms. The summed E-state index contributed by atoms with van der Waals surface area (Å²) in [6, 6.07) is 16.9. The molecule has 3 amide bonds. The van der Waals surface area contributed by atoms with E-state index in [1.807, 2.05) is 35.2 Å². The first-order valence-corrected chi connectivity index (χ1v) is 15.3. The Morgan fingerprint density at radius 1 is 0.872 bits per heavy atom. The minimum absolute atomic E-state index is 0.0993. The highest BCUT2D eigenvalue weighted by molar-refractivity contribution is 6.03. The number of carbonyl (C=O) groups is 2. The number of benzene rings is 2. The summed E-state index contributed by atoms with van der Waals surface area (Å²) in [6.07, 6.45) is -2.11. The number of aryl methyl sites for hydroxylation is 1. The first-order valence-electron chi connectivity index (χ1n) is 15.3. The molecule has 2 aliphatic rings. The molecule has 0 radical (unpaired) electrons. The zero-order chi connectivity index (χ0) is 33.1. The van der Waals surface area contributed by atoms with E-state index in [-0.39, 0.29) is 23.3 Å². The lowest BCUT2D eigenvalue weighted by Crippen LogP contribution is -2.50. The van der Waals surface area contributed by atoms with Crippen molar-refractivity contribution in [3.05, 3.63) is 95.3 Å². The molecule has 2 aromatic heterocycles. The second kappa shape index (κ2) is 13.3. The predicted molar refractivity (Wildman–Crippen MR) is 168 cm³/mol. The van der Waals surface area contributed by atoms with Gasteiger partial charge in [0.15, 0.2) is 5.69 Å². The third-order valence-corrected chi connectivity index (χ3v) is 8.48. The largest absolute Gasteiger partial charge is 0.437 e. The number of carbonyl (C=O) groups excluding carboxylic acids is 2. The van der Waals surface area contributed by atoms with E-state index in [0.29, 0.717) is 63.5 Å². The molecule has 2 aliphatic heterocycles. The lowest BCUT2D eigenvalue weighted by molar-refractivity contribution is -0.141. The molecular formula is C33H33F4N7O3. The number of rotatable bonds is 6. The van der Waals surface area contributed by atoms with Crippen molar-refractivity contribution in [1.82, 2.24) is 14.9 Å². The summed E-state index contributed by atoms with van der Waals surface area (Å²) in [5, 5.41) is 5.08. The number of anilines is 4. The molecule has 4 heterocycles. The van der Waals surface area contributed by atoms with Crippen molar-refractivity contribution >= 4 is 35.1 Å². The number of pyridine rings is 1. The molecule has 0 bridgehead atoms. The molecule has 246 valence electrons. The summed E-state index contributed by atoms with van der Waals surface area (Å²) in [6.45, 7) is 4.19. The van der Waals surface area contributed by atoms with Gasteiger partial charge in [-0.15, -0.1) is 0 Å². The van der Waals surface area contributed by atoms with Crippen LogP contribution in [0.25, 0.3) is 0 Å². The maximum atomic E-state index is 14.0.